The van der Waals surface area contributed by atoms with Gasteiger partial charge in [0.15, 0.2) is 8.32 Å². The third-order valence-electron chi connectivity index (χ3n) is 4.06. The fourth-order valence-electron chi connectivity index (χ4n) is 2.54. The zero-order valence-electron chi connectivity index (χ0n) is 10.5. The molecular weight excluding hydrogens is 204 g/mol. The van der Waals surface area contributed by atoms with Gasteiger partial charge in [0.2, 0.25) is 0 Å². The van der Waals surface area contributed by atoms with Crippen LogP contribution in [0.25, 0.3) is 0 Å². The maximum absolute atomic E-state index is 6.28. The summed E-state index contributed by atoms with van der Waals surface area (Å²) in [6.07, 6.45) is 5.44. The minimum absolute atomic E-state index is 0.441. The Kier molecular flexibility index (Phi) is 3.24. The lowest BCUT2D eigenvalue weighted by molar-refractivity contribution is 0.121. The number of epoxide rings is 1. The molecule has 0 radical (unpaired) electrons. The van der Waals surface area contributed by atoms with E-state index in [1.165, 1.54) is 25.3 Å². The molecule has 0 aromatic carbocycles. The number of fused-ring (bicyclic) bond motifs is 1. The van der Waals surface area contributed by atoms with Gasteiger partial charge in [-0.15, -0.1) is 0 Å². The van der Waals surface area contributed by atoms with E-state index in [9.17, 15) is 0 Å². The minimum atomic E-state index is -1.37. The molecule has 0 bridgehead atoms. The van der Waals surface area contributed by atoms with E-state index in [0.717, 1.165) is 5.92 Å². The Morgan fingerprint density at radius 2 is 2.07 bits per heavy atom. The number of rotatable bonds is 4. The Balaban J connectivity index is 1.82. The van der Waals surface area contributed by atoms with E-state index in [4.69, 9.17) is 9.16 Å². The highest BCUT2D eigenvalue weighted by Gasteiger charge is 2.45. The topological polar surface area (TPSA) is 21.8 Å². The summed E-state index contributed by atoms with van der Waals surface area (Å²) in [5.41, 5.74) is 0. The average Bonchev–Trinajstić information content (AvgIpc) is 2.94. The predicted octanol–water partition coefficient (Wildman–Crippen LogP) is 3.18. The van der Waals surface area contributed by atoms with E-state index in [1.54, 1.807) is 0 Å². The molecular formula is C12H24O2Si. The molecule has 1 saturated heterocycles. The summed E-state index contributed by atoms with van der Waals surface area (Å²) in [4.78, 5) is 0. The molecule has 0 spiro atoms. The monoisotopic (exact) mass is 228 g/mol. The van der Waals surface area contributed by atoms with Gasteiger partial charge in [-0.3, -0.25) is 0 Å². The number of hydrogen-bond donors (Lipinski definition) is 0. The zero-order valence-corrected chi connectivity index (χ0v) is 11.5. The molecule has 0 amide bonds. The van der Waals surface area contributed by atoms with Crippen LogP contribution in [-0.2, 0) is 9.16 Å². The Morgan fingerprint density at radius 3 is 2.67 bits per heavy atom. The van der Waals surface area contributed by atoms with Crippen LogP contribution in [0, 0.1) is 5.92 Å². The molecule has 2 nitrogen and oxygen atoms in total. The highest BCUT2D eigenvalue weighted by molar-refractivity contribution is 6.71. The van der Waals surface area contributed by atoms with E-state index in [-0.39, 0.29) is 0 Å². The molecule has 15 heavy (non-hydrogen) atoms. The molecule has 0 N–H and O–H groups in total. The molecule has 1 saturated carbocycles. The van der Waals surface area contributed by atoms with Crippen molar-refractivity contribution in [3.63, 3.8) is 0 Å². The van der Waals surface area contributed by atoms with Gasteiger partial charge in [0.05, 0.1) is 12.2 Å². The van der Waals surface area contributed by atoms with Crippen molar-refractivity contribution in [2.45, 2.75) is 70.6 Å². The van der Waals surface area contributed by atoms with Crippen molar-refractivity contribution in [2.24, 2.45) is 5.92 Å². The van der Waals surface area contributed by atoms with Gasteiger partial charge in [-0.05, 0) is 51.2 Å². The predicted molar refractivity (Wildman–Crippen MR) is 64.5 cm³/mol. The lowest BCUT2D eigenvalue weighted by Gasteiger charge is -2.32. The van der Waals surface area contributed by atoms with Gasteiger partial charge in [0.25, 0.3) is 0 Å². The van der Waals surface area contributed by atoms with Crippen molar-refractivity contribution in [2.75, 3.05) is 0 Å². The van der Waals surface area contributed by atoms with Crippen LogP contribution in [0.5, 0.6) is 0 Å². The molecule has 1 aliphatic heterocycles. The smallest absolute Gasteiger partial charge is 0.186 e. The number of ether oxygens (including phenoxy) is 1. The van der Waals surface area contributed by atoms with Gasteiger partial charge in [0, 0.05) is 6.10 Å². The summed E-state index contributed by atoms with van der Waals surface area (Å²) < 4.78 is 11.8. The first-order chi connectivity index (χ1) is 7.02. The zero-order chi connectivity index (χ0) is 11.1. The van der Waals surface area contributed by atoms with Crippen LogP contribution in [0.2, 0.25) is 19.1 Å². The van der Waals surface area contributed by atoms with Crippen molar-refractivity contribution in [3.05, 3.63) is 0 Å². The van der Waals surface area contributed by atoms with Gasteiger partial charge in [-0.25, -0.2) is 0 Å². The summed E-state index contributed by atoms with van der Waals surface area (Å²) in [7, 11) is -1.37. The standard InChI is InChI=1S/C12H24O2Si/c1-5-15(3,4)14-9(2)10-6-7-11-12(8-10)13-11/h9-12H,5-8H2,1-4H3. The van der Waals surface area contributed by atoms with Crippen molar-refractivity contribution >= 4 is 8.32 Å². The van der Waals surface area contributed by atoms with Gasteiger partial charge in [-0.1, -0.05) is 6.92 Å². The highest BCUT2D eigenvalue weighted by Crippen LogP contribution is 2.41. The largest absolute Gasteiger partial charge is 0.414 e. The van der Waals surface area contributed by atoms with Crippen LogP contribution >= 0.6 is 0 Å². The Bertz CT molecular complexity index is 230. The maximum atomic E-state index is 6.28. The molecule has 3 heteroatoms. The Hall–Kier alpha value is 0.137. The summed E-state index contributed by atoms with van der Waals surface area (Å²) in [6, 6.07) is 1.21. The molecule has 2 rings (SSSR count). The van der Waals surface area contributed by atoms with Crippen molar-refractivity contribution < 1.29 is 9.16 Å². The molecule has 2 fully saturated rings. The van der Waals surface area contributed by atoms with Crippen LogP contribution in [0.4, 0.5) is 0 Å². The van der Waals surface area contributed by atoms with Gasteiger partial charge in [0.1, 0.15) is 0 Å². The third kappa shape index (κ3) is 2.83. The molecule has 1 aliphatic carbocycles. The Morgan fingerprint density at radius 1 is 1.33 bits per heavy atom. The lowest BCUT2D eigenvalue weighted by atomic mass is 9.86. The minimum Gasteiger partial charge on any atom is -0.414 e. The van der Waals surface area contributed by atoms with E-state index >= 15 is 0 Å². The van der Waals surface area contributed by atoms with Crippen LogP contribution in [0.15, 0.2) is 0 Å². The van der Waals surface area contributed by atoms with Crippen LogP contribution in [0.1, 0.15) is 33.1 Å². The SMILES string of the molecule is CC[Si](C)(C)OC(C)C1CCC2OC2C1. The Labute approximate surface area is 94.5 Å². The molecule has 2 aliphatic rings. The van der Waals surface area contributed by atoms with Crippen molar-refractivity contribution in [1.29, 1.82) is 0 Å². The second-order valence-electron chi connectivity index (χ2n) is 5.72. The fraction of sp³-hybridized carbons (Fsp3) is 1.00. The second kappa shape index (κ2) is 4.19. The van der Waals surface area contributed by atoms with Crippen molar-refractivity contribution in [3.8, 4) is 0 Å². The van der Waals surface area contributed by atoms with E-state index in [2.05, 4.69) is 26.9 Å². The van der Waals surface area contributed by atoms with Crippen molar-refractivity contribution in [1.82, 2.24) is 0 Å². The van der Waals surface area contributed by atoms with E-state index in [0.29, 0.717) is 18.3 Å². The molecule has 0 aromatic heterocycles. The first kappa shape index (κ1) is 11.6. The maximum Gasteiger partial charge on any atom is 0.186 e. The van der Waals surface area contributed by atoms with Crippen LogP contribution < -0.4 is 0 Å². The molecule has 88 valence electrons. The normalized spacial score (nSPS) is 37.2. The van der Waals surface area contributed by atoms with Crippen LogP contribution in [-0.4, -0.2) is 26.6 Å². The summed E-state index contributed by atoms with van der Waals surface area (Å²) in [5.74, 6) is 0.743. The first-order valence-corrected chi connectivity index (χ1v) is 9.46. The third-order valence-corrected chi connectivity index (χ3v) is 6.78. The van der Waals surface area contributed by atoms with E-state index in [1.807, 2.05) is 0 Å². The molecule has 0 aromatic rings. The van der Waals surface area contributed by atoms with Gasteiger partial charge < -0.3 is 9.16 Å². The second-order valence-corrected chi connectivity index (χ2v) is 10.2. The first-order valence-electron chi connectivity index (χ1n) is 6.35. The fourth-order valence-corrected chi connectivity index (χ4v) is 3.91. The summed E-state index contributed by atoms with van der Waals surface area (Å²) >= 11 is 0. The number of hydrogen-bond acceptors (Lipinski definition) is 2. The van der Waals surface area contributed by atoms with Gasteiger partial charge in [-0.2, -0.15) is 0 Å². The molecule has 4 atom stereocenters. The van der Waals surface area contributed by atoms with E-state index < -0.39 is 8.32 Å². The lowest BCUT2D eigenvalue weighted by Crippen LogP contribution is -2.38. The molecule has 1 heterocycles. The average molecular weight is 228 g/mol. The summed E-state index contributed by atoms with van der Waals surface area (Å²) in [6.45, 7) is 9.16. The summed E-state index contributed by atoms with van der Waals surface area (Å²) in [5, 5.41) is 0. The quantitative estimate of drug-likeness (QED) is 0.544. The van der Waals surface area contributed by atoms with Gasteiger partial charge >= 0.3 is 0 Å². The molecule has 4 unspecified atom stereocenters. The van der Waals surface area contributed by atoms with Crippen LogP contribution in [0.3, 0.4) is 0 Å². The highest BCUT2D eigenvalue weighted by atomic mass is 28.4.